The number of fused-ring (bicyclic) bond motifs is 9. The first kappa shape index (κ1) is 29.1. The molecule has 1 saturated carbocycles. The maximum absolute atomic E-state index is 15.2. The molecule has 3 aliphatic rings. The van der Waals surface area contributed by atoms with Crippen molar-refractivity contribution in [2.45, 2.75) is 76.2 Å². The number of ether oxygens (including phenoxy) is 2. The van der Waals surface area contributed by atoms with Crippen molar-refractivity contribution in [1.82, 2.24) is 29.8 Å². The van der Waals surface area contributed by atoms with E-state index in [9.17, 15) is 18.4 Å². The lowest BCUT2D eigenvalue weighted by atomic mass is 9.76. The maximum atomic E-state index is 15.2. The van der Waals surface area contributed by atoms with E-state index in [1.54, 1.807) is 50.9 Å². The molecule has 1 fully saturated rings. The molecule has 2 amide bonds. The number of hydrogen-bond acceptors (Lipinski definition) is 7. The summed E-state index contributed by atoms with van der Waals surface area (Å²) in [7, 11) is 1.56. The molecule has 0 saturated heterocycles. The van der Waals surface area contributed by atoms with Crippen LogP contribution >= 0.6 is 0 Å². The zero-order valence-corrected chi connectivity index (χ0v) is 25.1. The average Bonchev–Trinajstić information content (AvgIpc) is 3.47. The first-order valence-electron chi connectivity index (χ1n) is 14.8. The number of alkyl carbamates (subject to hydrolysis) is 1. The lowest BCUT2D eigenvalue weighted by Crippen LogP contribution is -2.53. The van der Waals surface area contributed by atoms with Crippen molar-refractivity contribution in [1.29, 1.82) is 0 Å². The number of nitrogens with one attached hydrogen (secondary N) is 1. The Morgan fingerprint density at radius 2 is 1.84 bits per heavy atom. The van der Waals surface area contributed by atoms with Gasteiger partial charge in [-0.2, -0.15) is 13.9 Å². The van der Waals surface area contributed by atoms with Crippen LogP contribution in [0.25, 0.3) is 16.6 Å². The smallest absolute Gasteiger partial charge is 0.408 e. The van der Waals surface area contributed by atoms with Gasteiger partial charge in [0.05, 0.1) is 22.8 Å². The molecule has 2 unspecified atom stereocenters. The Balaban J connectivity index is 1.27. The highest BCUT2D eigenvalue weighted by Gasteiger charge is 2.47. The summed E-state index contributed by atoms with van der Waals surface area (Å²) in [6, 6.07) is 5.40. The number of aromatic nitrogens is 4. The Kier molecular flexibility index (Phi) is 6.57. The van der Waals surface area contributed by atoms with Crippen LogP contribution in [0.15, 0.2) is 42.9 Å². The Hall–Kier alpha value is -4.68. The number of alkyl halides is 2. The van der Waals surface area contributed by atoms with Gasteiger partial charge in [0.25, 0.3) is 5.91 Å². The SMILES string of the molecule is CN1C(=O)c2c(F)ccc(OC(F)F)c2C2CC1c1nn3ccc(-c4cnc(C5(NC(=O)OC(C)(C)C)CCC5)nc4)cc3c12. The Bertz CT molecular complexity index is 1850. The summed E-state index contributed by atoms with van der Waals surface area (Å²) in [5.41, 5.74) is 2.01. The first-order valence-corrected chi connectivity index (χ1v) is 14.8. The fourth-order valence-electron chi connectivity index (χ4n) is 6.73. The van der Waals surface area contributed by atoms with Crippen LogP contribution in [0.3, 0.4) is 0 Å². The van der Waals surface area contributed by atoms with Gasteiger partial charge in [0.15, 0.2) is 5.82 Å². The standard InChI is InChI=1S/C32H31F3N6O4/c1-31(2,3)45-30(43)38-32(9-5-10-32)28-36-14-17(15-37-28)16-8-11-41-20(12-16)23-18-13-21(26(23)39-41)40(4)27(42)25-19(33)6-7-22(24(18)25)44-29(34)35/h6-8,11-12,14-15,18,21,29H,5,9-10,13H2,1-4H3,(H,38,43). The summed E-state index contributed by atoms with van der Waals surface area (Å²) in [5.74, 6) is -1.75. The van der Waals surface area contributed by atoms with Gasteiger partial charge < -0.3 is 19.7 Å². The van der Waals surface area contributed by atoms with Gasteiger partial charge in [-0.25, -0.2) is 23.7 Å². The van der Waals surface area contributed by atoms with E-state index in [4.69, 9.17) is 14.6 Å². The minimum atomic E-state index is -3.15. The number of halogens is 3. The normalized spacial score (nSPS) is 20.0. The third-order valence-electron chi connectivity index (χ3n) is 8.91. The van der Waals surface area contributed by atoms with Gasteiger partial charge in [0.1, 0.15) is 22.7 Å². The molecule has 1 N–H and O–H groups in total. The van der Waals surface area contributed by atoms with Crippen LogP contribution in [0.1, 0.15) is 91.4 Å². The minimum absolute atomic E-state index is 0.102. The number of rotatable bonds is 5. The van der Waals surface area contributed by atoms with Crippen molar-refractivity contribution in [2.24, 2.45) is 0 Å². The van der Waals surface area contributed by atoms with E-state index in [2.05, 4.69) is 15.3 Å². The second kappa shape index (κ2) is 10.2. The van der Waals surface area contributed by atoms with Crippen LogP contribution in [0.2, 0.25) is 0 Å². The van der Waals surface area contributed by atoms with E-state index >= 15 is 4.39 Å². The molecule has 10 nitrogen and oxygen atoms in total. The summed E-state index contributed by atoms with van der Waals surface area (Å²) < 4.78 is 53.9. The highest BCUT2D eigenvalue weighted by atomic mass is 19.3. The van der Waals surface area contributed by atoms with E-state index in [1.165, 1.54) is 4.90 Å². The van der Waals surface area contributed by atoms with Gasteiger partial charge in [0.2, 0.25) is 0 Å². The molecular formula is C32H31F3N6O4. The van der Waals surface area contributed by atoms with Crippen molar-refractivity contribution in [3.63, 3.8) is 0 Å². The molecule has 3 aromatic heterocycles. The molecule has 4 heterocycles. The van der Waals surface area contributed by atoms with E-state index < -0.39 is 47.5 Å². The van der Waals surface area contributed by atoms with Crippen LogP contribution in [-0.2, 0) is 10.3 Å². The number of hydrogen-bond donors (Lipinski definition) is 1. The topological polar surface area (TPSA) is 111 Å². The predicted molar refractivity (Wildman–Crippen MR) is 155 cm³/mol. The van der Waals surface area contributed by atoms with Crippen molar-refractivity contribution in [2.75, 3.05) is 7.05 Å². The molecule has 234 valence electrons. The summed E-state index contributed by atoms with van der Waals surface area (Å²) in [6.45, 7) is 2.26. The zero-order valence-electron chi connectivity index (χ0n) is 25.1. The fraction of sp³-hybridized carbons (Fsp3) is 0.406. The third kappa shape index (κ3) is 4.75. The van der Waals surface area contributed by atoms with E-state index in [0.29, 0.717) is 41.9 Å². The summed E-state index contributed by atoms with van der Waals surface area (Å²) in [5, 5.41) is 7.72. The molecule has 0 spiro atoms. The van der Waals surface area contributed by atoms with Gasteiger partial charge in [-0.3, -0.25) is 4.79 Å². The van der Waals surface area contributed by atoms with Gasteiger partial charge in [-0.1, -0.05) is 0 Å². The molecule has 2 atom stereocenters. The van der Waals surface area contributed by atoms with E-state index in [1.807, 2.05) is 12.1 Å². The Labute approximate surface area is 256 Å². The molecular weight excluding hydrogens is 589 g/mol. The van der Waals surface area contributed by atoms with Gasteiger partial charge in [0, 0.05) is 48.2 Å². The highest BCUT2D eigenvalue weighted by Crippen LogP contribution is 2.54. The molecule has 4 aromatic rings. The molecule has 0 radical (unpaired) electrons. The fourth-order valence-corrected chi connectivity index (χ4v) is 6.73. The largest absolute Gasteiger partial charge is 0.444 e. The Morgan fingerprint density at radius 1 is 1.11 bits per heavy atom. The zero-order chi connectivity index (χ0) is 31.8. The first-order chi connectivity index (χ1) is 21.3. The molecule has 45 heavy (non-hydrogen) atoms. The molecule has 13 heteroatoms. The van der Waals surface area contributed by atoms with Gasteiger partial charge >= 0.3 is 12.7 Å². The monoisotopic (exact) mass is 620 g/mol. The van der Waals surface area contributed by atoms with E-state index in [0.717, 1.165) is 29.7 Å². The lowest BCUT2D eigenvalue weighted by molar-refractivity contribution is -0.0506. The number of amides is 2. The number of carbonyl (C=O) groups excluding carboxylic acids is 2. The van der Waals surface area contributed by atoms with Crippen molar-refractivity contribution < 1.29 is 32.2 Å². The van der Waals surface area contributed by atoms with Crippen LogP contribution in [0, 0.1) is 5.82 Å². The predicted octanol–water partition coefficient (Wildman–Crippen LogP) is 6.10. The second-order valence-corrected chi connectivity index (χ2v) is 12.8. The summed E-state index contributed by atoms with van der Waals surface area (Å²) in [4.78, 5) is 36.6. The highest BCUT2D eigenvalue weighted by molar-refractivity contribution is 5.98. The summed E-state index contributed by atoms with van der Waals surface area (Å²) >= 11 is 0. The number of benzene rings is 1. The van der Waals surface area contributed by atoms with Gasteiger partial charge in [-0.15, -0.1) is 0 Å². The molecule has 1 aliphatic heterocycles. The number of pyridine rings is 1. The second-order valence-electron chi connectivity index (χ2n) is 12.8. The van der Waals surface area contributed by atoms with Crippen molar-refractivity contribution >= 4 is 17.5 Å². The van der Waals surface area contributed by atoms with Crippen LogP contribution in [0.5, 0.6) is 5.75 Å². The van der Waals surface area contributed by atoms with Crippen LogP contribution in [-0.4, -0.2) is 55.7 Å². The van der Waals surface area contributed by atoms with Crippen LogP contribution in [0.4, 0.5) is 18.0 Å². The molecule has 2 aliphatic carbocycles. The number of carbonyl (C=O) groups is 2. The molecule has 1 aromatic carbocycles. The van der Waals surface area contributed by atoms with Crippen molar-refractivity contribution in [3.05, 3.63) is 76.9 Å². The number of nitrogens with zero attached hydrogens (tertiary/aromatic N) is 5. The minimum Gasteiger partial charge on any atom is -0.444 e. The van der Waals surface area contributed by atoms with Crippen LogP contribution < -0.4 is 10.1 Å². The lowest BCUT2D eigenvalue weighted by Gasteiger charge is -2.41. The maximum Gasteiger partial charge on any atom is 0.408 e. The Morgan fingerprint density at radius 3 is 2.49 bits per heavy atom. The third-order valence-corrected chi connectivity index (χ3v) is 8.91. The summed E-state index contributed by atoms with van der Waals surface area (Å²) in [6.07, 6.45) is 7.28. The average molecular weight is 621 g/mol. The molecule has 7 rings (SSSR count). The molecule has 2 bridgehead atoms. The van der Waals surface area contributed by atoms with Gasteiger partial charge in [-0.05, 0) is 76.3 Å². The quantitative estimate of drug-likeness (QED) is 0.287. The van der Waals surface area contributed by atoms with E-state index in [-0.39, 0.29) is 16.9 Å². The van der Waals surface area contributed by atoms with Crippen molar-refractivity contribution in [3.8, 4) is 16.9 Å².